The fourth-order valence-electron chi connectivity index (χ4n) is 2.28. The maximum absolute atomic E-state index is 6.27. The highest BCUT2D eigenvalue weighted by atomic mass is 35.5. The van der Waals surface area contributed by atoms with Crippen LogP contribution in [-0.2, 0) is 6.42 Å². The van der Waals surface area contributed by atoms with E-state index in [4.69, 9.17) is 23.2 Å². The van der Waals surface area contributed by atoms with Gasteiger partial charge >= 0.3 is 0 Å². The van der Waals surface area contributed by atoms with Crippen LogP contribution in [0.2, 0.25) is 10.0 Å². The minimum absolute atomic E-state index is 0.625. The average Bonchev–Trinajstić information content (AvgIpc) is 2.34. The highest BCUT2D eigenvalue weighted by molar-refractivity contribution is 6.42. The third-order valence-electron chi connectivity index (χ3n) is 3.22. The molecule has 0 aromatic heterocycles. The zero-order chi connectivity index (χ0) is 14.3. The fraction of sp³-hybridized carbons (Fsp3) is 0.625. The van der Waals surface area contributed by atoms with E-state index in [9.17, 15) is 0 Å². The molecule has 0 aliphatic rings. The molecule has 0 saturated heterocycles. The summed E-state index contributed by atoms with van der Waals surface area (Å²) in [7, 11) is 0. The molecule has 0 aliphatic heterocycles. The van der Waals surface area contributed by atoms with Crippen LogP contribution in [0.5, 0.6) is 0 Å². The molecule has 0 saturated carbocycles. The number of hydrogen-bond acceptors (Lipinski definition) is 1. The van der Waals surface area contributed by atoms with Crippen molar-refractivity contribution >= 4 is 23.2 Å². The first-order valence-electron chi connectivity index (χ1n) is 7.18. The lowest BCUT2D eigenvalue weighted by atomic mass is 9.94. The van der Waals surface area contributed by atoms with Crippen LogP contribution in [0, 0.1) is 11.8 Å². The van der Waals surface area contributed by atoms with Gasteiger partial charge in [0.05, 0.1) is 10.0 Å². The molecule has 19 heavy (non-hydrogen) atoms. The Morgan fingerprint density at radius 3 is 2.53 bits per heavy atom. The minimum Gasteiger partial charge on any atom is -0.316 e. The van der Waals surface area contributed by atoms with Crippen molar-refractivity contribution in [2.24, 2.45) is 11.8 Å². The molecule has 1 unspecified atom stereocenters. The van der Waals surface area contributed by atoms with E-state index in [1.54, 1.807) is 0 Å². The lowest BCUT2D eigenvalue weighted by Crippen LogP contribution is -2.27. The Hall–Kier alpha value is -0.240. The Balaban J connectivity index is 2.59. The smallest absolute Gasteiger partial charge is 0.0624 e. The maximum Gasteiger partial charge on any atom is 0.0624 e. The molecular formula is C16H25Cl2N. The van der Waals surface area contributed by atoms with Gasteiger partial charge in [-0.1, -0.05) is 62.5 Å². The van der Waals surface area contributed by atoms with E-state index in [0.717, 1.165) is 19.5 Å². The van der Waals surface area contributed by atoms with Crippen LogP contribution in [0.25, 0.3) is 0 Å². The summed E-state index contributed by atoms with van der Waals surface area (Å²) in [6, 6.07) is 5.91. The summed E-state index contributed by atoms with van der Waals surface area (Å²) >= 11 is 12.3. The lowest BCUT2D eigenvalue weighted by Gasteiger charge is -2.19. The van der Waals surface area contributed by atoms with Crippen LogP contribution in [0.4, 0.5) is 0 Å². The van der Waals surface area contributed by atoms with E-state index in [1.165, 1.54) is 18.4 Å². The molecule has 1 atom stereocenters. The van der Waals surface area contributed by atoms with Crippen molar-refractivity contribution in [1.82, 2.24) is 5.32 Å². The first-order valence-corrected chi connectivity index (χ1v) is 7.93. The van der Waals surface area contributed by atoms with Crippen molar-refractivity contribution in [1.29, 1.82) is 0 Å². The molecule has 0 aliphatic carbocycles. The standard InChI is InChI=1S/C16H25Cl2N/c1-4-6-13(11-19-10-12(2)3)9-14-7-5-8-15(17)16(14)18/h5,7-8,12-13,19H,4,6,9-11H2,1-3H3. The normalized spacial score (nSPS) is 12.9. The van der Waals surface area contributed by atoms with Crippen LogP contribution >= 0.6 is 23.2 Å². The summed E-state index contributed by atoms with van der Waals surface area (Å²) in [4.78, 5) is 0. The van der Waals surface area contributed by atoms with Crippen LogP contribution in [0.15, 0.2) is 18.2 Å². The topological polar surface area (TPSA) is 12.0 Å². The maximum atomic E-state index is 6.27. The van der Waals surface area contributed by atoms with Crippen LogP contribution in [0.1, 0.15) is 39.2 Å². The van der Waals surface area contributed by atoms with Crippen LogP contribution in [0.3, 0.4) is 0 Å². The van der Waals surface area contributed by atoms with E-state index in [-0.39, 0.29) is 0 Å². The highest BCUT2D eigenvalue weighted by Crippen LogP contribution is 2.28. The second-order valence-electron chi connectivity index (χ2n) is 5.62. The Bertz CT molecular complexity index is 377. The van der Waals surface area contributed by atoms with E-state index < -0.39 is 0 Å². The van der Waals surface area contributed by atoms with Gasteiger partial charge in [0, 0.05) is 0 Å². The molecule has 1 nitrogen and oxygen atoms in total. The zero-order valence-electron chi connectivity index (χ0n) is 12.2. The molecule has 0 bridgehead atoms. The van der Waals surface area contributed by atoms with Gasteiger partial charge in [-0.3, -0.25) is 0 Å². The minimum atomic E-state index is 0.625. The van der Waals surface area contributed by atoms with Gasteiger partial charge in [0.25, 0.3) is 0 Å². The van der Waals surface area contributed by atoms with Gasteiger partial charge in [0.2, 0.25) is 0 Å². The first kappa shape index (κ1) is 16.8. The van der Waals surface area contributed by atoms with Gasteiger partial charge in [-0.25, -0.2) is 0 Å². The van der Waals surface area contributed by atoms with Crippen molar-refractivity contribution in [2.45, 2.75) is 40.0 Å². The molecule has 0 amide bonds. The predicted octanol–water partition coefficient (Wildman–Crippen LogP) is 5.20. The van der Waals surface area contributed by atoms with Crippen molar-refractivity contribution in [3.63, 3.8) is 0 Å². The van der Waals surface area contributed by atoms with Crippen molar-refractivity contribution < 1.29 is 0 Å². The Morgan fingerprint density at radius 1 is 1.16 bits per heavy atom. The number of halogens is 2. The van der Waals surface area contributed by atoms with Crippen LogP contribution < -0.4 is 5.32 Å². The molecule has 1 aromatic carbocycles. The SMILES string of the molecule is CCCC(CNCC(C)C)Cc1cccc(Cl)c1Cl. The van der Waals surface area contributed by atoms with E-state index in [2.05, 4.69) is 32.2 Å². The van der Waals surface area contributed by atoms with Gasteiger partial charge in [-0.15, -0.1) is 0 Å². The number of nitrogens with one attached hydrogen (secondary N) is 1. The molecule has 0 heterocycles. The summed E-state index contributed by atoms with van der Waals surface area (Å²) in [5.74, 6) is 1.32. The van der Waals surface area contributed by atoms with Gasteiger partial charge in [-0.05, 0) is 49.4 Å². The lowest BCUT2D eigenvalue weighted by molar-refractivity contribution is 0.421. The molecule has 108 valence electrons. The van der Waals surface area contributed by atoms with Gasteiger partial charge in [0.15, 0.2) is 0 Å². The van der Waals surface area contributed by atoms with Gasteiger partial charge in [0.1, 0.15) is 0 Å². The third-order valence-corrected chi connectivity index (χ3v) is 4.08. The van der Waals surface area contributed by atoms with Gasteiger partial charge in [-0.2, -0.15) is 0 Å². The highest BCUT2D eigenvalue weighted by Gasteiger charge is 2.12. The number of benzene rings is 1. The zero-order valence-corrected chi connectivity index (χ0v) is 13.7. The molecule has 0 radical (unpaired) electrons. The molecule has 0 spiro atoms. The van der Waals surface area contributed by atoms with E-state index >= 15 is 0 Å². The van der Waals surface area contributed by atoms with E-state index in [0.29, 0.717) is 21.9 Å². The molecule has 3 heteroatoms. The summed E-state index contributed by atoms with van der Waals surface area (Å²) in [5, 5.41) is 4.92. The molecule has 1 N–H and O–H groups in total. The summed E-state index contributed by atoms with van der Waals surface area (Å²) in [6.45, 7) is 8.82. The fourth-order valence-corrected chi connectivity index (χ4v) is 2.68. The summed E-state index contributed by atoms with van der Waals surface area (Å²) in [5.41, 5.74) is 1.17. The van der Waals surface area contributed by atoms with Crippen molar-refractivity contribution in [3.05, 3.63) is 33.8 Å². The van der Waals surface area contributed by atoms with Gasteiger partial charge < -0.3 is 5.32 Å². The van der Waals surface area contributed by atoms with E-state index in [1.807, 2.05) is 12.1 Å². The van der Waals surface area contributed by atoms with Crippen LogP contribution in [-0.4, -0.2) is 13.1 Å². The largest absolute Gasteiger partial charge is 0.316 e. The molecule has 1 rings (SSSR count). The second-order valence-corrected chi connectivity index (χ2v) is 6.41. The molecular weight excluding hydrogens is 277 g/mol. The van der Waals surface area contributed by atoms with Crippen molar-refractivity contribution in [2.75, 3.05) is 13.1 Å². The average molecular weight is 302 g/mol. The Kier molecular flexibility index (Phi) is 7.82. The number of rotatable bonds is 8. The van der Waals surface area contributed by atoms with Crippen molar-refractivity contribution in [3.8, 4) is 0 Å². The third kappa shape index (κ3) is 6.16. The predicted molar refractivity (Wildman–Crippen MR) is 86.3 cm³/mol. The number of hydrogen-bond donors (Lipinski definition) is 1. The summed E-state index contributed by atoms with van der Waals surface area (Å²) in [6.07, 6.45) is 3.42. The first-order chi connectivity index (χ1) is 9.04. The second kappa shape index (κ2) is 8.84. The molecule has 1 aromatic rings. The monoisotopic (exact) mass is 301 g/mol. The summed E-state index contributed by atoms with van der Waals surface area (Å²) < 4.78 is 0. The Morgan fingerprint density at radius 2 is 1.89 bits per heavy atom. The molecule has 0 fully saturated rings. The quantitative estimate of drug-likeness (QED) is 0.696. The Labute approximate surface area is 127 Å².